The van der Waals surface area contributed by atoms with Gasteiger partial charge >= 0.3 is 6.16 Å². The lowest BCUT2D eigenvalue weighted by atomic mass is 10.1. The third-order valence-electron chi connectivity index (χ3n) is 4.89. The molecule has 8 nitrogen and oxygen atoms in total. The highest BCUT2D eigenvalue weighted by molar-refractivity contribution is 6.32. The number of rotatable bonds is 11. The molecule has 3 rings (SSSR count). The van der Waals surface area contributed by atoms with Crippen LogP contribution in [0.1, 0.15) is 35.7 Å². The van der Waals surface area contributed by atoms with Crippen LogP contribution in [0.2, 0.25) is 5.02 Å². The Morgan fingerprint density at radius 3 is 2.47 bits per heavy atom. The molecular formula is C27H27ClN2O6. The SMILES string of the molecule is CCOC(=O)Oc1ccc(C(=O)NCc2cccc(NC(=O)CCCOc3ccccc3Cl)c2)cc1. The molecule has 9 heteroatoms. The van der Waals surface area contributed by atoms with Crippen LogP contribution in [0.15, 0.2) is 72.8 Å². The minimum Gasteiger partial charge on any atom is -0.492 e. The van der Waals surface area contributed by atoms with Crippen LogP contribution in [-0.4, -0.2) is 31.2 Å². The molecule has 2 amide bonds. The first-order chi connectivity index (χ1) is 17.4. The molecule has 0 saturated carbocycles. The van der Waals surface area contributed by atoms with Gasteiger partial charge in [0.15, 0.2) is 0 Å². The number of amides is 2. The number of halogens is 1. The lowest BCUT2D eigenvalue weighted by Crippen LogP contribution is -2.22. The van der Waals surface area contributed by atoms with Gasteiger partial charge in [0.2, 0.25) is 5.91 Å². The fourth-order valence-electron chi connectivity index (χ4n) is 3.16. The van der Waals surface area contributed by atoms with Crippen LogP contribution < -0.4 is 20.1 Å². The molecule has 2 N–H and O–H groups in total. The first-order valence-corrected chi connectivity index (χ1v) is 11.8. The molecule has 0 aromatic heterocycles. The van der Waals surface area contributed by atoms with Crippen molar-refractivity contribution >= 4 is 35.3 Å². The summed E-state index contributed by atoms with van der Waals surface area (Å²) in [4.78, 5) is 36.1. The predicted octanol–water partition coefficient (Wildman–Crippen LogP) is 5.60. The van der Waals surface area contributed by atoms with Gasteiger partial charge in [0, 0.05) is 24.2 Å². The van der Waals surface area contributed by atoms with Crippen molar-refractivity contribution in [3.05, 3.63) is 88.9 Å². The summed E-state index contributed by atoms with van der Waals surface area (Å²) in [7, 11) is 0. The van der Waals surface area contributed by atoms with Gasteiger partial charge in [-0.3, -0.25) is 9.59 Å². The van der Waals surface area contributed by atoms with E-state index in [4.69, 9.17) is 25.8 Å². The third kappa shape index (κ3) is 8.63. The smallest absolute Gasteiger partial charge is 0.492 e. The van der Waals surface area contributed by atoms with Gasteiger partial charge in [-0.1, -0.05) is 35.9 Å². The zero-order valence-corrected chi connectivity index (χ0v) is 20.5. The number of nitrogens with one attached hydrogen (secondary N) is 2. The minimum absolute atomic E-state index is 0.135. The van der Waals surface area contributed by atoms with Crippen molar-refractivity contribution in [3.63, 3.8) is 0 Å². The molecule has 36 heavy (non-hydrogen) atoms. The van der Waals surface area contributed by atoms with E-state index in [1.807, 2.05) is 18.2 Å². The van der Waals surface area contributed by atoms with Crippen LogP contribution in [0.25, 0.3) is 0 Å². The Balaban J connectivity index is 1.42. The van der Waals surface area contributed by atoms with E-state index >= 15 is 0 Å². The van der Waals surface area contributed by atoms with Crippen molar-refractivity contribution in [1.82, 2.24) is 5.32 Å². The molecule has 3 aromatic rings. The molecule has 0 fully saturated rings. The normalized spacial score (nSPS) is 10.3. The van der Waals surface area contributed by atoms with E-state index in [0.29, 0.717) is 41.5 Å². The van der Waals surface area contributed by atoms with Crippen LogP contribution in [-0.2, 0) is 16.1 Å². The van der Waals surface area contributed by atoms with Gasteiger partial charge in [0.25, 0.3) is 5.91 Å². The average molecular weight is 511 g/mol. The summed E-state index contributed by atoms with van der Waals surface area (Å²) in [5.74, 6) is 0.453. The minimum atomic E-state index is -0.799. The number of carbonyl (C=O) groups is 3. The monoisotopic (exact) mass is 510 g/mol. The van der Waals surface area contributed by atoms with Crippen molar-refractivity contribution in [2.45, 2.75) is 26.3 Å². The highest BCUT2D eigenvalue weighted by Crippen LogP contribution is 2.23. The van der Waals surface area contributed by atoms with Gasteiger partial charge in [0.1, 0.15) is 11.5 Å². The number of benzene rings is 3. The second-order valence-electron chi connectivity index (χ2n) is 7.62. The fourth-order valence-corrected chi connectivity index (χ4v) is 3.35. The van der Waals surface area contributed by atoms with E-state index in [-0.39, 0.29) is 30.7 Å². The van der Waals surface area contributed by atoms with Crippen LogP contribution in [0, 0.1) is 0 Å². The van der Waals surface area contributed by atoms with Gasteiger partial charge < -0.3 is 24.8 Å². The van der Waals surface area contributed by atoms with Gasteiger partial charge in [-0.05, 0) is 67.4 Å². The van der Waals surface area contributed by atoms with Gasteiger partial charge in [-0.2, -0.15) is 0 Å². The molecular weight excluding hydrogens is 484 g/mol. The predicted molar refractivity (Wildman–Crippen MR) is 137 cm³/mol. The summed E-state index contributed by atoms with van der Waals surface area (Å²) in [5.41, 5.74) is 1.87. The molecule has 0 heterocycles. The molecule has 188 valence electrons. The second-order valence-corrected chi connectivity index (χ2v) is 8.03. The van der Waals surface area contributed by atoms with Crippen molar-refractivity contribution < 1.29 is 28.6 Å². The molecule has 0 bridgehead atoms. The Morgan fingerprint density at radius 1 is 0.944 bits per heavy atom. The Bertz CT molecular complexity index is 1180. The largest absolute Gasteiger partial charge is 0.513 e. The Morgan fingerprint density at radius 2 is 1.72 bits per heavy atom. The van der Waals surface area contributed by atoms with Crippen LogP contribution in [0.4, 0.5) is 10.5 Å². The first kappa shape index (κ1) is 26.6. The summed E-state index contributed by atoms with van der Waals surface area (Å²) in [6.07, 6.45) is 0.0321. The van der Waals surface area contributed by atoms with E-state index in [1.54, 1.807) is 49.4 Å². The maximum atomic E-state index is 12.5. The second kappa shape index (κ2) is 13.7. The number of hydrogen-bond donors (Lipinski definition) is 2. The summed E-state index contributed by atoms with van der Waals surface area (Å²) < 4.78 is 15.3. The van der Waals surface area contributed by atoms with E-state index in [2.05, 4.69) is 10.6 Å². The van der Waals surface area contributed by atoms with E-state index < -0.39 is 6.16 Å². The summed E-state index contributed by atoms with van der Waals surface area (Å²) >= 11 is 6.05. The number of carbonyl (C=O) groups excluding carboxylic acids is 3. The van der Waals surface area contributed by atoms with Gasteiger partial charge in [-0.25, -0.2) is 4.79 Å². The lowest BCUT2D eigenvalue weighted by Gasteiger charge is -2.10. The standard InChI is InChI=1S/C27H27ClN2O6/c1-2-34-27(33)36-22-14-12-20(13-15-22)26(32)29-18-19-7-5-8-21(17-19)30-25(31)11-6-16-35-24-10-4-3-9-23(24)28/h3-5,7-10,12-15,17H,2,6,11,16,18H2,1H3,(H,29,32)(H,30,31). The quantitative estimate of drug-likeness (QED) is 0.198. The Labute approximate surface area is 214 Å². The van der Waals surface area contributed by atoms with Gasteiger partial charge in [0.05, 0.1) is 18.2 Å². The van der Waals surface area contributed by atoms with Crippen LogP contribution in [0.5, 0.6) is 11.5 Å². The molecule has 0 unspecified atom stereocenters. The van der Waals surface area contributed by atoms with Crippen molar-refractivity contribution in [2.75, 3.05) is 18.5 Å². The molecule has 0 saturated heterocycles. The average Bonchev–Trinajstić information content (AvgIpc) is 2.87. The summed E-state index contributed by atoms with van der Waals surface area (Å²) in [6.45, 7) is 2.54. The molecule has 3 aromatic carbocycles. The maximum Gasteiger partial charge on any atom is 0.513 e. The number of anilines is 1. The molecule has 0 radical (unpaired) electrons. The van der Waals surface area contributed by atoms with Crippen molar-refractivity contribution in [1.29, 1.82) is 0 Å². The zero-order chi connectivity index (χ0) is 25.8. The highest BCUT2D eigenvalue weighted by Gasteiger charge is 2.09. The molecule has 0 aliphatic rings. The number of hydrogen-bond acceptors (Lipinski definition) is 6. The third-order valence-corrected chi connectivity index (χ3v) is 5.20. The lowest BCUT2D eigenvalue weighted by molar-refractivity contribution is -0.116. The Hall–Kier alpha value is -4.04. The maximum absolute atomic E-state index is 12.5. The summed E-state index contributed by atoms with van der Waals surface area (Å²) in [5, 5.41) is 6.22. The fraction of sp³-hybridized carbons (Fsp3) is 0.222. The zero-order valence-electron chi connectivity index (χ0n) is 19.8. The Kier molecular flexibility index (Phi) is 10.1. The van der Waals surface area contributed by atoms with Crippen molar-refractivity contribution in [3.8, 4) is 11.5 Å². The number of para-hydroxylation sites is 1. The van der Waals surface area contributed by atoms with E-state index in [0.717, 1.165) is 5.56 Å². The molecule has 0 aliphatic heterocycles. The first-order valence-electron chi connectivity index (χ1n) is 11.4. The molecule has 0 spiro atoms. The molecule has 0 atom stereocenters. The highest BCUT2D eigenvalue weighted by atomic mass is 35.5. The van der Waals surface area contributed by atoms with Crippen molar-refractivity contribution in [2.24, 2.45) is 0 Å². The van der Waals surface area contributed by atoms with Gasteiger partial charge in [-0.15, -0.1) is 0 Å². The van der Waals surface area contributed by atoms with E-state index in [1.165, 1.54) is 12.1 Å². The molecule has 0 aliphatic carbocycles. The topological polar surface area (TPSA) is 103 Å². The van der Waals surface area contributed by atoms with E-state index in [9.17, 15) is 14.4 Å². The van der Waals surface area contributed by atoms with Crippen LogP contribution in [0.3, 0.4) is 0 Å². The van der Waals surface area contributed by atoms with Crippen LogP contribution >= 0.6 is 11.6 Å². The summed E-state index contributed by atoms with van der Waals surface area (Å²) in [6, 6.07) is 20.6. The number of ether oxygens (including phenoxy) is 3.